The van der Waals surface area contributed by atoms with E-state index in [4.69, 9.17) is 4.98 Å². The maximum atomic E-state index is 4.69. The van der Waals surface area contributed by atoms with Crippen LogP contribution in [0.5, 0.6) is 0 Å². The summed E-state index contributed by atoms with van der Waals surface area (Å²) in [4.78, 5) is 11.4. The van der Waals surface area contributed by atoms with Crippen molar-refractivity contribution >= 4 is 17.5 Å². The van der Waals surface area contributed by atoms with Crippen molar-refractivity contribution < 1.29 is 0 Å². The summed E-state index contributed by atoms with van der Waals surface area (Å²) < 4.78 is 0. The van der Waals surface area contributed by atoms with Crippen LogP contribution in [0.4, 0.5) is 17.5 Å². The molecular weight excluding hydrogens is 272 g/mol. The molecule has 0 saturated carbocycles. The minimum Gasteiger partial charge on any atom is -0.356 e. The predicted octanol–water partition coefficient (Wildman–Crippen LogP) is 4.07. The number of hydrogen-bond donors (Lipinski definition) is 1. The summed E-state index contributed by atoms with van der Waals surface area (Å²) in [5.41, 5.74) is 3.54. The van der Waals surface area contributed by atoms with Gasteiger partial charge in [0, 0.05) is 25.0 Å². The summed E-state index contributed by atoms with van der Waals surface area (Å²) in [5, 5.41) is 3.34. The average Bonchev–Trinajstić information content (AvgIpc) is 2.50. The number of anilines is 3. The van der Waals surface area contributed by atoms with E-state index in [0.29, 0.717) is 5.95 Å². The minimum atomic E-state index is 0.669. The third-order valence-electron chi connectivity index (χ3n) is 4.25. The number of benzene rings is 1. The van der Waals surface area contributed by atoms with Crippen LogP contribution in [0.1, 0.15) is 30.9 Å². The molecule has 4 nitrogen and oxygen atoms in total. The fraction of sp³-hybridized carbons (Fsp3) is 0.444. The maximum absolute atomic E-state index is 4.69. The van der Waals surface area contributed by atoms with E-state index in [0.717, 1.165) is 30.5 Å². The number of nitrogens with one attached hydrogen (secondary N) is 1. The summed E-state index contributed by atoms with van der Waals surface area (Å²) in [6.45, 7) is 8.68. The van der Waals surface area contributed by atoms with Gasteiger partial charge in [-0.1, -0.05) is 24.6 Å². The van der Waals surface area contributed by atoms with Crippen LogP contribution in [0.3, 0.4) is 0 Å². The highest BCUT2D eigenvalue weighted by Crippen LogP contribution is 2.23. The van der Waals surface area contributed by atoms with Gasteiger partial charge in [0.1, 0.15) is 5.82 Å². The average molecular weight is 296 g/mol. The topological polar surface area (TPSA) is 41.1 Å². The molecule has 2 heterocycles. The van der Waals surface area contributed by atoms with E-state index in [2.05, 4.69) is 54.2 Å². The van der Waals surface area contributed by atoms with Crippen LogP contribution in [0.25, 0.3) is 0 Å². The number of hydrogen-bond acceptors (Lipinski definition) is 4. The predicted molar refractivity (Wildman–Crippen MR) is 91.8 cm³/mol. The van der Waals surface area contributed by atoms with Crippen LogP contribution in [0, 0.1) is 19.8 Å². The quantitative estimate of drug-likeness (QED) is 0.927. The molecule has 2 aromatic rings. The Labute approximate surface area is 132 Å². The molecule has 1 unspecified atom stereocenters. The molecule has 0 spiro atoms. The van der Waals surface area contributed by atoms with Gasteiger partial charge in [0.15, 0.2) is 0 Å². The normalized spacial score (nSPS) is 18.3. The van der Waals surface area contributed by atoms with Gasteiger partial charge in [-0.3, -0.25) is 0 Å². The summed E-state index contributed by atoms with van der Waals surface area (Å²) in [6.07, 6.45) is 4.40. The summed E-state index contributed by atoms with van der Waals surface area (Å²) >= 11 is 0. The molecule has 4 heteroatoms. The van der Waals surface area contributed by atoms with Crippen molar-refractivity contribution in [3.63, 3.8) is 0 Å². The molecule has 0 amide bonds. The lowest BCUT2D eigenvalue weighted by Crippen LogP contribution is -2.34. The van der Waals surface area contributed by atoms with E-state index in [9.17, 15) is 0 Å². The second-order valence-corrected chi connectivity index (χ2v) is 6.38. The molecule has 1 aliphatic rings. The highest BCUT2D eigenvalue weighted by Gasteiger charge is 2.18. The monoisotopic (exact) mass is 296 g/mol. The fourth-order valence-electron chi connectivity index (χ4n) is 3.06. The van der Waals surface area contributed by atoms with Gasteiger partial charge in [0.2, 0.25) is 5.95 Å². The van der Waals surface area contributed by atoms with Gasteiger partial charge in [-0.15, -0.1) is 0 Å². The van der Waals surface area contributed by atoms with Gasteiger partial charge in [-0.05, 0) is 50.3 Å². The molecule has 1 atom stereocenters. The van der Waals surface area contributed by atoms with Gasteiger partial charge in [0.05, 0.1) is 0 Å². The molecule has 3 rings (SSSR count). The number of nitrogens with zero attached hydrogens (tertiary/aromatic N) is 3. The van der Waals surface area contributed by atoms with Gasteiger partial charge in [0.25, 0.3) is 0 Å². The summed E-state index contributed by atoms with van der Waals surface area (Å²) in [5.74, 6) is 2.43. The SMILES string of the molecule is Cc1ccc(Nc2nccc(N3CCCC(C)C3)n2)c(C)c1. The molecule has 22 heavy (non-hydrogen) atoms. The Bertz CT molecular complexity index is 653. The van der Waals surface area contributed by atoms with E-state index in [1.54, 1.807) is 0 Å². The zero-order valence-electron chi connectivity index (χ0n) is 13.6. The van der Waals surface area contributed by atoms with E-state index >= 15 is 0 Å². The Morgan fingerprint density at radius 3 is 2.86 bits per heavy atom. The molecular formula is C18H24N4. The Hall–Kier alpha value is -2.10. The number of aromatic nitrogens is 2. The number of piperidine rings is 1. The van der Waals surface area contributed by atoms with E-state index < -0.39 is 0 Å². The fourth-order valence-corrected chi connectivity index (χ4v) is 3.06. The second-order valence-electron chi connectivity index (χ2n) is 6.38. The van der Waals surface area contributed by atoms with Gasteiger partial charge in [-0.25, -0.2) is 4.98 Å². The molecule has 0 bridgehead atoms. The van der Waals surface area contributed by atoms with Crippen molar-refractivity contribution in [1.29, 1.82) is 0 Å². The molecule has 1 aromatic heterocycles. The van der Waals surface area contributed by atoms with Gasteiger partial charge in [-0.2, -0.15) is 4.98 Å². The Balaban J connectivity index is 1.79. The standard InChI is InChI=1S/C18H24N4/c1-13-6-7-16(15(3)11-13)20-18-19-9-8-17(21-18)22-10-4-5-14(2)12-22/h6-9,11,14H,4-5,10,12H2,1-3H3,(H,19,20,21). The van der Waals surface area contributed by atoms with Gasteiger partial charge < -0.3 is 10.2 Å². The first-order valence-electron chi connectivity index (χ1n) is 8.04. The highest BCUT2D eigenvalue weighted by atomic mass is 15.2. The lowest BCUT2D eigenvalue weighted by Gasteiger charge is -2.31. The third-order valence-corrected chi connectivity index (χ3v) is 4.25. The van der Waals surface area contributed by atoms with E-state index in [1.165, 1.54) is 24.0 Å². The second kappa shape index (κ2) is 6.34. The molecule has 1 N–H and O–H groups in total. The highest BCUT2D eigenvalue weighted by molar-refractivity contribution is 5.59. The molecule has 0 aliphatic carbocycles. The van der Waals surface area contributed by atoms with Crippen LogP contribution >= 0.6 is 0 Å². The van der Waals surface area contributed by atoms with E-state index in [-0.39, 0.29) is 0 Å². The van der Waals surface area contributed by atoms with Crippen LogP contribution in [-0.2, 0) is 0 Å². The zero-order chi connectivity index (χ0) is 15.5. The lowest BCUT2D eigenvalue weighted by atomic mass is 10.0. The molecule has 1 aromatic carbocycles. The zero-order valence-corrected chi connectivity index (χ0v) is 13.6. The number of aryl methyl sites for hydroxylation is 2. The Morgan fingerprint density at radius 2 is 2.09 bits per heavy atom. The summed E-state index contributed by atoms with van der Waals surface area (Å²) in [7, 11) is 0. The van der Waals surface area contributed by atoms with Crippen molar-refractivity contribution in [3.05, 3.63) is 41.6 Å². The molecule has 1 aliphatic heterocycles. The summed E-state index contributed by atoms with van der Waals surface area (Å²) in [6, 6.07) is 8.36. The van der Waals surface area contributed by atoms with Crippen LogP contribution in [-0.4, -0.2) is 23.1 Å². The maximum Gasteiger partial charge on any atom is 0.229 e. The Kier molecular flexibility index (Phi) is 4.27. The van der Waals surface area contributed by atoms with Crippen LogP contribution in [0.15, 0.2) is 30.5 Å². The first-order valence-corrected chi connectivity index (χ1v) is 8.04. The van der Waals surface area contributed by atoms with Crippen molar-refractivity contribution in [2.75, 3.05) is 23.3 Å². The van der Waals surface area contributed by atoms with Crippen LogP contribution in [0.2, 0.25) is 0 Å². The largest absolute Gasteiger partial charge is 0.356 e. The third kappa shape index (κ3) is 3.38. The van der Waals surface area contributed by atoms with E-state index in [1.807, 2.05) is 12.3 Å². The first kappa shape index (κ1) is 14.8. The lowest BCUT2D eigenvalue weighted by molar-refractivity contribution is 0.444. The van der Waals surface area contributed by atoms with Crippen molar-refractivity contribution in [2.24, 2.45) is 5.92 Å². The first-order chi connectivity index (χ1) is 10.6. The molecule has 1 saturated heterocycles. The minimum absolute atomic E-state index is 0.669. The van der Waals surface area contributed by atoms with Crippen molar-refractivity contribution in [3.8, 4) is 0 Å². The number of rotatable bonds is 3. The molecule has 1 fully saturated rings. The van der Waals surface area contributed by atoms with Crippen molar-refractivity contribution in [1.82, 2.24) is 9.97 Å². The smallest absolute Gasteiger partial charge is 0.229 e. The van der Waals surface area contributed by atoms with Gasteiger partial charge >= 0.3 is 0 Å². The molecule has 116 valence electrons. The van der Waals surface area contributed by atoms with Crippen molar-refractivity contribution in [2.45, 2.75) is 33.6 Å². The molecule has 0 radical (unpaired) electrons. The van der Waals surface area contributed by atoms with Crippen LogP contribution < -0.4 is 10.2 Å². The Morgan fingerprint density at radius 1 is 1.23 bits per heavy atom.